The number of allylic oxidation sites excluding steroid dienone is 2. The number of rotatable bonds is 1. The topological polar surface area (TPSA) is 20.2 Å². The Balaban J connectivity index is 2.27. The molecule has 2 aliphatic carbocycles. The van der Waals surface area contributed by atoms with Gasteiger partial charge in [0.25, 0.3) is 0 Å². The standard InChI is InChI=1S/C15H26O/c1-10(2)12-7-8-15(4,16)14-6-5-11(3)9-13(12)14/h9-10,12-14,16H,5-8H2,1-4H3/t12-,13+,14-,15+/m1/s1. The van der Waals surface area contributed by atoms with Crippen molar-refractivity contribution in [2.75, 3.05) is 0 Å². The number of fused-ring (bicyclic) bond motifs is 1. The van der Waals surface area contributed by atoms with Crippen LogP contribution in [0.3, 0.4) is 0 Å². The maximum Gasteiger partial charge on any atom is 0.0653 e. The van der Waals surface area contributed by atoms with Crippen LogP contribution in [0, 0.1) is 23.7 Å². The molecule has 4 atom stereocenters. The molecule has 1 nitrogen and oxygen atoms in total. The minimum atomic E-state index is -0.423. The molecule has 0 unspecified atom stereocenters. The highest BCUT2D eigenvalue weighted by molar-refractivity contribution is 5.13. The van der Waals surface area contributed by atoms with Crippen LogP contribution in [0.2, 0.25) is 0 Å². The summed E-state index contributed by atoms with van der Waals surface area (Å²) < 4.78 is 0. The van der Waals surface area contributed by atoms with E-state index in [2.05, 4.69) is 33.8 Å². The number of hydrogen-bond donors (Lipinski definition) is 1. The Labute approximate surface area is 99.9 Å². The third-order valence-electron chi connectivity index (χ3n) is 4.92. The summed E-state index contributed by atoms with van der Waals surface area (Å²) in [6.07, 6.45) is 7.01. The average molecular weight is 222 g/mol. The normalized spacial score (nSPS) is 44.1. The summed E-state index contributed by atoms with van der Waals surface area (Å²) in [5, 5.41) is 10.5. The fraction of sp³-hybridized carbons (Fsp3) is 0.867. The minimum absolute atomic E-state index is 0.423. The maximum atomic E-state index is 10.5. The second kappa shape index (κ2) is 4.18. The zero-order chi connectivity index (χ0) is 11.9. The van der Waals surface area contributed by atoms with E-state index in [0.717, 1.165) is 18.3 Å². The second-order valence-corrected chi connectivity index (χ2v) is 6.54. The van der Waals surface area contributed by atoms with Crippen molar-refractivity contribution in [3.05, 3.63) is 11.6 Å². The fourth-order valence-corrected chi connectivity index (χ4v) is 3.87. The molecule has 1 N–H and O–H groups in total. The van der Waals surface area contributed by atoms with E-state index in [4.69, 9.17) is 0 Å². The maximum absolute atomic E-state index is 10.5. The number of hydrogen-bond acceptors (Lipinski definition) is 1. The van der Waals surface area contributed by atoms with E-state index in [0.29, 0.717) is 11.8 Å². The fourth-order valence-electron chi connectivity index (χ4n) is 3.87. The summed E-state index contributed by atoms with van der Waals surface area (Å²) in [6, 6.07) is 0. The van der Waals surface area contributed by atoms with Gasteiger partial charge in [-0.2, -0.15) is 0 Å². The lowest BCUT2D eigenvalue weighted by Crippen LogP contribution is -2.48. The van der Waals surface area contributed by atoms with Gasteiger partial charge in [-0.05, 0) is 63.2 Å². The second-order valence-electron chi connectivity index (χ2n) is 6.54. The van der Waals surface area contributed by atoms with Crippen LogP contribution < -0.4 is 0 Å². The molecule has 92 valence electrons. The van der Waals surface area contributed by atoms with Gasteiger partial charge in [0.1, 0.15) is 0 Å². The first kappa shape index (κ1) is 12.2. The van der Waals surface area contributed by atoms with Crippen LogP contribution in [0.25, 0.3) is 0 Å². The molecular formula is C15H26O. The SMILES string of the molecule is CC1=C[C@H]2[C@@H](C(C)C)CC[C@](C)(O)[C@@H]2CC1. The molecule has 0 aliphatic heterocycles. The predicted molar refractivity (Wildman–Crippen MR) is 68.2 cm³/mol. The van der Waals surface area contributed by atoms with Crippen LogP contribution in [0.15, 0.2) is 11.6 Å². The Morgan fingerprint density at radius 2 is 2.06 bits per heavy atom. The van der Waals surface area contributed by atoms with Crippen LogP contribution in [0.1, 0.15) is 53.4 Å². The van der Waals surface area contributed by atoms with Crippen molar-refractivity contribution in [2.24, 2.45) is 23.7 Å². The van der Waals surface area contributed by atoms with E-state index in [1.165, 1.54) is 24.8 Å². The predicted octanol–water partition coefficient (Wildman–Crippen LogP) is 3.78. The van der Waals surface area contributed by atoms with Gasteiger partial charge in [0, 0.05) is 0 Å². The van der Waals surface area contributed by atoms with Crippen LogP contribution >= 0.6 is 0 Å². The van der Waals surface area contributed by atoms with E-state index in [-0.39, 0.29) is 0 Å². The third-order valence-corrected chi connectivity index (χ3v) is 4.92. The van der Waals surface area contributed by atoms with Crippen molar-refractivity contribution in [1.29, 1.82) is 0 Å². The van der Waals surface area contributed by atoms with Crippen LogP contribution in [-0.4, -0.2) is 10.7 Å². The van der Waals surface area contributed by atoms with Crippen molar-refractivity contribution in [1.82, 2.24) is 0 Å². The molecule has 1 fully saturated rings. The van der Waals surface area contributed by atoms with Gasteiger partial charge < -0.3 is 5.11 Å². The Kier molecular flexibility index (Phi) is 3.18. The van der Waals surface area contributed by atoms with E-state index in [9.17, 15) is 5.11 Å². The zero-order valence-electron chi connectivity index (χ0n) is 11.2. The highest BCUT2D eigenvalue weighted by Gasteiger charge is 2.46. The lowest BCUT2D eigenvalue weighted by molar-refractivity contribution is -0.0807. The first-order chi connectivity index (χ1) is 7.42. The molecule has 2 rings (SSSR count). The van der Waals surface area contributed by atoms with Crippen molar-refractivity contribution in [3.63, 3.8) is 0 Å². The molecule has 0 saturated heterocycles. The van der Waals surface area contributed by atoms with E-state index < -0.39 is 5.60 Å². The van der Waals surface area contributed by atoms with Gasteiger partial charge in [-0.15, -0.1) is 0 Å². The third kappa shape index (κ3) is 2.07. The molecule has 0 bridgehead atoms. The van der Waals surface area contributed by atoms with Crippen LogP contribution in [0.5, 0.6) is 0 Å². The molecule has 0 aromatic heterocycles. The molecule has 0 spiro atoms. The van der Waals surface area contributed by atoms with Gasteiger partial charge in [-0.1, -0.05) is 25.5 Å². The van der Waals surface area contributed by atoms with E-state index in [1.54, 1.807) is 0 Å². The van der Waals surface area contributed by atoms with Crippen molar-refractivity contribution >= 4 is 0 Å². The van der Waals surface area contributed by atoms with Gasteiger partial charge in [-0.25, -0.2) is 0 Å². The van der Waals surface area contributed by atoms with E-state index in [1.807, 2.05) is 0 Å². The summed E-state index contributed by atoms with van der Waals surface area (Å²) in [5.41, 5.74) is 1.11. The first-order valence-corrected chi connectivity index (χ1v) is 6.81. The largest absolute Gasteiger partial charge is 0.390 e. The van der Waals surface area contributed by atoms with Gasteiger partial charge >= 0.3 is 0 Å². The lowest BCUT2D eigenvalue weighted by atomic mass is 9.58. The van der Waals surface area contributed by atoms with Gasteiger partial charge in [-0.3, -0.25) is 0 Å². The summed E-state index contributed by atoms with van der Waals surface area (Å²) >= 11 is 0. The molecule has 0 aromatic rings. The van der Waals surface area contributed by atoms with Gasteiger partial charge in [0.2, 0.25) is 0 Å². The Morgan fingerprint density at radius 1 is 1.38 bits per heavy atom. The van der Waals surface area contributed by atoms with Gasteiger partial charge in [0.15, 0.2) is 0 Å². The molecule has 16 heavy (non-hydrogen) atoms. The van der Waals surface area contributed by atoms with Crippen molar-refractivity contribution in [2.45, 2.75) is 59.0 Å². The Hall–Kier alpha value is -0.300. The molecule has 0 radical (unpaired) electrons. The molecule has 2 aliphatic rings. The molecule has 0 heterocycles. The van der Waals surface area contributed by atoms with Crippen LogP contribution in [-0.2, 0) is 0 Å². The summed E-state index contributed by atoms with van der Waals surface area (Å²) in [4.78, 5) is 0. The summed E-state index contributed by atoms with van der Waals surface area (Å²) in [6.45, 7) is 8.96. The number of aliphatic hydroxyl groups is 1. The summed E-state index contributed by atoms with van der Waals surface area (Å²) in [7, 11) is 0. The zero-order valence-corrected chi connectivity index (χ0v) is 11.2. The summed E-state index contributed by atoms with van der Waals surface area (Å²) in [5.74, 6) is 2.64. The average Bonchev–Trinajstić information content (AvgIpc) is 2.16. The monoisotopic (exact) mass is 222 g/mol. The molecule has 1 heteroatoms. The highest BCUT2D eigenvalue weighted by Crippen LogP contribution is 2.49. The van der Waals surface area contributed by atoms with Crippen molar-refractivity contribution < 1.29 is 5.11 Å². The van der Waals surface area contributed by atoms with Crippen LogP contribution in [0.4, 0.5) is 0 Å². The molecule has 1 saturated carbocycles. The molecule has 0 aromatic carbocycles. The Bertz CT molecular complexity index is 288. The molecule has 0 amide bonds. The first-order valence-electron chi connectivity index (χ1n) is 6.81. The lowest BCUT2D eigenvalue weighted by Gasteiger charge is -2.49. The Morgan fingerprint density at radius 3 is 2.69 bits per heavy atom. The van der Waals surface area contributed by atoms with Crippen molar-refractivity contribution in [3.8, 4) is 0 Å². The molecular weight excluding hydrogens is 196 g/mol. The smallest absolute Gasteiger partial charge is 0.0653 e. The minimum Gasteiger partial charge on any atom is -0.390 e. The van der Waals surface area contributed by atoms with E-state index >= 15 is 0 Å². The van der Waals surface area contributed by atoms with Gasteiger partial charge in [0.05, 0.1) is 5.60 Å². The highest BCUT2D eigenvalue weighted by atomic mass is 16.3. The quantitative estimate of drug-likeness (QED) is 0.669.